The number of nitrogens with one attached hydrogen (secondary N) is 1. The molecule has 0 aliphatic carbocycles. The van der Waals surface area contributed by atoms with Crippen molar-refractivity contribution < 1.29 is 0 Å². The van der Waals surface area contributed by atoms with E-state index in [1.807, 2.05) is 12.1 Å². The molecule has 0 fully saturated rings. The van der Waals surface area contributed by atoms with Crippen LogP contribution >= 0.6 is 0 Å². The maximum absolute atomic E-state index is 8.57. The summed E-state index contributed by atoms with van der Waals surface area (Å²) in [5, 5.41) is 17.1. The van der Waals surface area contributed by atoms with E-state index in [9.17, 15) is 0 Å². The van der Waals surface area contributed by atoms with Crippen molar-refractivity contribution in [3.05, 3.63) is 11.1 Å². The van der Waals surface area contributed by atoms with E-state index in [4.69, 9.17) is 16.3 Å². The molecule has 1 heterocycles. The molecule has 0 aliphatic heterocycles. The van der Waals surface area contributed by atoms with Crippen LogP contribution in [0.1, 0.15) is 11.1 Å². The maximum atomic E-state index is 8.57. The quantitative estimate of drug-likeness (QED) is 0.438. The van der Waals surface area contributed by atoms with Crippen LogP contribution in [-0.4, -0.2) is 12.8 Å². The van der Waals surface area contributed by atoms with Gasteiger partial charge in [-0.05, 0) is 5.59 Å². The number of H-pyrrole nitrogens is 1. The average Bonchev–Trinajstić information content (AvgIpc) is 2.24. The van der Waals surface area contributed by atoms with Crippen molar-refractivity contribution in [3.63, 3.8) is 0 Å². The second kappa shape index (κ2) is 2.39. The van der Waals surface area contributed by atoms with E-state index in [1.54, 1.807) is 7.85 Å². The Morgan fingerprint density at radius 1 is 1.27 bits per heavy atom. The van der Waals surface area contributed by atoms with Crippen LogP contribution in [0.4, 0.5) is 5.82 Å². The van der Waals surface area contributed by atoms with Gasteiger partial charge in [-0.1, -0.05) is 0 Å². The van der Waals surface area contributed by atoms with Crippen molar-refractivity contribution in [1.82, 2.24) is 4.98 Å². The van der Waals surface area contributed by atoms with E-state index in [-0.39, 0.29) is 11.4 Å². The number of nitriles is 2. The van der Waals surface area contributed by atoms with Gasteiger partial charge in [0.05, 0.1) is 5.56 Å². The van der Waals surface area contributed by atoms with Gasteiger partial charge in [0, 0.05) is 0 Å². The minimum absolute atomic E-state index is 0.241. The fraction of sp³-hybridized carbons (Fsp3) is 0. The Balaban J connectivity index is 3.47. The van der Waals surface area contributed by atoms with E-state index in [2.05, 4.69) is 4.98 Å². The molecule has 0 aliphatic rings. The molecule has 0 atom stereocenters. The summed E-state index contributed by atoms with van der Waals surface area (Å²) in [6.07, 6.45) is 0. The van der Waals surface area contributed by atoms with E-state index in [1.165, 1.54) is 0 Å². The van der Waals surface area contributed by atoms with Gasteiger partial charge < -0.3 is 10.7 Å². The lowest BCUT2D eigenvalue weighted by molar-refractivity contribution is 1.44. The number of anilines is 1. The fourth-order valence-electron chi connectivity index (χ4n) is 0.905. The average molecular weight is 144 g/mol. The lowest BCUT2D eigenvalue weighted by Gasteiger charge is -1.82. The third-order valence-corrected chi connectivity index (χ3v) is 1.44. The van der Waals surface area contributed by atoms with Crippen molar-refractivity contribution >= 4 is 19.3 Å². The summed E-state index contributed by atoms with van der Waals surface area (Å²) in [4.78, 5) is 2.71. The molecule has 0 amide bonds. The summed E-state index contributed by atoms with van der Waals surface area (Å²) >= 11 is 0. The first-order valence-electron chi connectivity index (χ1n) is 2.99. The molecule has 0 unspecified atom stereocenters. The van der Waals surface area contributed by atoms with Gasteiger partial charge in [-0.2, -0.15) is 10.5 Å². The fourth-order valence-corrected chi connectivity index (χ4v) is 0.905. The van der Waals surface area contributed by atoms with E-state index >= 15 is 0 Å². The maximum Gasteiger partial charge on any atom is 0.162 e. The zero-order valence-electron chi connectivity index (χ0n) is 5.97. The van der Waals surface area contributed by atoms with Crippen molar-refractivity contribution in [2.24, 2.45) is 0 Å². The highest BCUT2D eigenvalue weighted by molar-refractivity contribution is 6.33. The van der Waals surface area contributed by atoms with Crippen molar-refractivity contribution in [2.45, 2.75) is 0 Å². The van der Waals surface area contributed by atoms with Crippen LogP contribution in [0.2, 0.25) is 0 Å². The molecule has 0 saturated carbocycles. The third kappa shape index (κ3) is 0.928. The molecular weight excluding hydrogens is 139 g/mol. The van der Waals surface area contributed by atoms with Crippen LogP contribution in [-0.2, 0) is 0 Å². The largest absolute Gasteiger partial charge is 0.384 e. The Labute approximate surface area is 64.6 Å². The molecule has 0 aromatic carbocycles. The van der Waals surface area contributed by atoms with E-state index in [0.29, 0.717) is 11.2 Å². The van der Waals surface area contributed by atoms with Crippen LogP contribution < -0.4 is 11.3 Å². The molecule has 1 aromatic heterocycles. The molecule has 5 heteroatoms. The lowest BCUT2D eigenvalue weighted by Crippen LogP contribution is -2.07. The third-order valence-electron chi connectivity index (χ3n) is 1.44. The van der Waals surface area contributed by atoms with Gasteiger partial charge in [-0.3, -0.25) is 0 Å². The molecule has 0 radical (unpaired) electrons. The normalized spacial score (nSPS) is 8.55. The SMILES string of the molecule is Bc1[nH]c(N)c(C#N)c1C#N. The van der Waals surface area contributed by atoms with Gasteiger partial charge in [0.25, 0.3) is 0 Å². The number of hydrogen-bond donors (Lipinski definition) is 2. The van der Waals surface area contributed by atoms with Crippen molar-refractivity contribution in [2.75, 3.05) is 5.73 Å². The summed E-state index contributed by atoms with van der Waals surface area (Å²) < 4.78 is 0. The van der Waals surface area contributed by atoms with E-state index < -0.39 is 0 Å². The number of aromatic amines is 1. The van der Waals surface area contributed by atoms with Crippen molar-refractivity contribution in [1.29, 1.82) is 10.5 Å². The molecule has 1 rings (SSSR count). The van der Waals surface area contributed by atoms with Crippen LogP contribution in [0, 0.1) is 22.7 Å². The summed E-state index contributed by atoms with van der Waals surface area (Å²) in [5.74, 6) is 0.265. The predicted octanol–water partition coefficient (Wildman–Crippen LogP) is -1.40. The minimum atomic E-state index is 0.241. The van der Waals surface area contributed by atoms with Gasteiger partial charge in [0.15, 0.2) is 7.85 Å². The minimum Gasteiger partial charge on any atom is -0.384 e. The number of rotatable bonds is 0. The van der Waals surface area contributed by atoms with Crippen LogP contribution in [0.15, 0.2) is 0 Å². The monoisotopic (exact) mass is 144 g/mol. The molecule has 0 saturated heterocycles. The Morgan fingerprint density at radius 3 is 2.18 bits per heavy atom. The topological polar surface area (TPSA) is 89.4 Å². The van der Waals surface area contributed by atoms with Gasteiger partial charge in [0.1, 0.15) is 23.5 Å². The molecule has 4 nitrogen and oxygen atoms in total. The molecule has 11 heavy (non-hydrogen) atoms. The second-order valence-electron chi connectivity index (χ2n) is 2.14. The smallest absolute Gasteiger partial charge is 0.162 e. The zero-order chi connectivity index (χ0) is 8.43. The Kier molecular flexibility index (Phi) is 1.57. The molecule has 3 N–H and O–H groups in total. The summed E-state index contributed by atoms with van der Waals surface area (Å²) in [6, 6.07) is 3.76. The van der Waals surface area contributed by atoms with Crippen LogP contribution in [0.5, 0.6) is 0 Å². The van der Waals surface area contributed by atoms with Gasteiger partial charge in [-0.15, -0.1) is 0 Å². The predicted molar refractivity (Wildman–Crippen MR) is 42.8 cm³/mol. The summed E-state index contributed by atoms with van der Waals surface area (Å²) in [6.45, 7) is 0. The van der Waals surface area contributed by atoms with Gasteiger partial charge in [0.2, 0.25) is 0 Å². The first kappa shape index (κ1) is 7.23. The zero-order valence-corrected chi connectivity index (χ0v) is 5.97. The summed E-state index contributed by atoms with van der Waals surface area (Å²) in [7, 11) is 1.70. The van der Waals surface area contributed by atoms with Crippen LogP contribution in [0.3, 0.4) is 0 Å². The second-order valence-corrected chi connectivity index (χ2v) is 2.14. The highest BCUT2D eigenvalue weighted by Gasteiger charge is 2.10. The highest BCUT2D eigenvalue weighted by atomic mass is 14.9. The Morgan fingerprint density at radius 2 is 1.82 bits per heavy atom. The highest BCUT2D eigenvalue weighted by Crippen LogP contribution is 2.10. The first-order chi connectivity index (χ1) is 5.20. The standard InChI is InChI=1S/C6H5BN4/c7-5-3(1-8)4(2-9)6(10)11-5/h11H,7,10H2. The number of nitrogen functional groups attached to an aromatic ring is 1. The van der Waals surface area contributed by atoms with Crippen molar-refractivity contribution in [3.8, 4) is 12.1 Å². The Bertz CT molecular complexity index is 331. The molecular formula is C6H5BN4. The number of nitrogens with two attached hydrogens (primary N) is 1. The molecule has 0 bridgehead atoms. The van der Waals surface area contributed by atoms with E-state index in [0.717, 1.165) is 0 Å². The van der Waals surface area contributed by atoms with Gasteiger partial charge >= 0.3 is 0 Å². The molecule has 0 spiro atoms. The number of hydrogen-bond acceptors (Lipinski definition) is 3. The lowest BCUT2D eigenvalue weighted by atomic mass is 9.99. The van der Waals surface area contributed by atoms with Crippen LogP contribution in [0.25, 0.3) is 0 Å². The number of nitrogens with zero attached hydrogens (tertiary/aromatic N) is 2. The summed E-state index contributed by atoms with van der Waals surface area (Å²) in [5.41, 5.74) is 6.62. The molecule has 1 aromatic rings. The number of aromatic nitrogens is 1. The first-order valence-corrected chi connectivity index (χ1v) is 2.99. The van der Waals surface area contributed by atoms with Gasteiger partial charge in [-0.25, -0.2) is 0 Å². The molecule has 52 valence electrons. The Hall–Kier alpha value is -1.88.